The van der Waals surface area contributed by atoms with Crippen molar-refractivity contribution in [3.63, 3.8) is 0 Å². The highest BCUT2D eigenvalue weighted by Gasteiger charge is 2.46. The SMILES string of the molecule is Nc1c(-c2nc(C3CC(O)(CN4CCCC4)C3)n3ccncc23)ccc2ccc(-c3ccccc3)nc12. The van der Waals surface area contributed by atoms with Gasteiger partial charge in [0.2, 0.25) is 0 Å². The first kappa shape index (κ1) is 22.4. The van der Waals surface area contributed by atoms with Gasteiger partial charge in [0.25, 0.3) is 0 Å². The molecule has 2 aromatic carbocycles. The lowest BCUT2D eigenvalue weighted by Crippen LogP contribution is -2.51. The van der Waals surface area contributed by atoms with Crippen LogP contribution in [0, 0.1) is 0 Å². The van der Waals surface area contributed by atoms with Gasteiger partial charge in [0.1, 0.15) is 11.5 Å². The first-order valence-electron chi connectivity index (χ1n) is 13.1. The fourth-order valence-corrected chi connectivity index (χ4v) is 6.16. The molecule has 0 bridgehead atoms. The molecular formula is C30H30N6O. The number of aliphatic hydroxyl groups is 1. The fraction of sp³-hybridized carbons (Fsp3) is 0.300. The van der Waals surface area contributed by atoms with Gasteiger partial charge < -0.3 is 15.7 Å². The van der Waals surface area contributed by atoms with Crippen molar-refractivity contribution in [2.75, 3.05) is 25.4 Å². The van der Waals surface area contributed by atoms with E-state index in [1.807, 2.05) is 42.7 Å². The molecule has 37 heavy (non-hydrogen) atoms. The summed E-state index contributed by atoms with van der Waals surface area (Å²) in [7, 11) is 0. The van der Waals surface area contributed by atoms with E-state index >= 15 is 0 Å². The van der Waals surface area contributed by atoms with Gasteiger partial charge in [-0.2, -0.15) is 0 Å². The third kappa shape index (κ3) is 3.86. The monoisotopic (exact) mass is 490 g/mol. The van der Waals surface area contributed by atoms with Gasteiger partial charge in [-0.3, -0.25) is 9.38 Å². The van der Waals surface area contributed by atoms with E-state index in [0.29, 0.717) is 5.69 Å². The van der Waals surface area contributed by atoms with E-state index < -0.39 is 5.60 Å². The molecule has 2 fully saturated rings. The minimum absolute atomic E-state index is 0.195. The minimum Gasteiger partial charge on any atom is -0.396 e. The van der Waals surface area contributed by atoms with Crippen molar-refractivity contribution in [1.82, 2.24) is 24.3 Å². The molecule has 0 atom stereocenters. The van der Waals surface area contributed by atoms with Crippen LogP contribution in [0.2, 0.25) is 0 Å². The van der Waals surface area contributed by atoms with Gasteiger partial charge in [-0.25, -0.2) is 9.97 Å². The second-order valence-electron chi connectivity index (χ2n) is 10.6. The predicted octanol–water partition coefficient (Wildman–Crippen LogP) is 4.90. The maximum Gasteiger partial charge on any atom is 0.117 e. The topological polar surface area (TPSA) is 92.6 Å². The van der Waals surface area contributed by atoms with E-state index in [2.05, 4.69) is 38.6 Å². The Morgan fingerprint density at radius 1 is 0.973 bits per heavy atom. The predicted molar refractivity (Wildman–Crippen MR) is 146 cm³/mol. The molecule has 3 N–H and O–H groups in total. The molecule has 1 aliphatic carbocycles. The highest BCUT2D eigenvalue weighted by molar-refractivity contribution is 6.00. The Bertz CT molecular complexity index is 1600. The zero-order valence-electron chi connectivity index (χ0n) is 20.7. The summed E-state index contributed by atoms with van der Waals surface area (Å²) in [4.78, 5) is 16.8. The number of imidazole rings is 1. The van der Waals surface area contributed by atoms with Crippen LogP contribution in [0.5, 0.6) is 0 Å². The molecule has 186 valence electrons. The number of benzene rings is 2. The maximum atomic E-state index is 11.2. The number of fused-ring (bicyclic) bond motifs is 2. The molecule has 1 saturated carbocycles. The average molecular weight is 491 g/mol. The molecule has 0 amide bonds. The molecule has 7 nitrogen and oxygen atoms in total. The Labute approximate surface area is 215 Å². The van der Waals surface area contributed by atoms with E-state index in [4.69, 9.17) is 15.7 Å². The number of nitrogen functional groups attached to an aromatic ring is 1. The van der Waals surface area contributed by atoms with Gasteiger partial charge >= 0.3 is 0 Å². The maximum absolute atomic E-state index is 11.2. The lowest BCUT2D eigenvalue weighted by atomic mass is 9.70. The second-order valence-corrected chi connectivity index (χ2v) is 10.6. The molecule has 2 aliphatic rings. The van der Waals surface area contributed by atoms with Gasteiger partial charge in [0, 0.05) is 41.4 Å². The number of nitrogens with two attached hydrogens (primary N) is 1. The number of likely N-dealkylation sites (tertiary alicyclic amines) is 1. The third-order valence-corrected chi connectivity index (χ3v) is 8.03. The van der Waals surface area contributed by atoms with E-state index in [9.17, 15) is 5.11 Å². The first-order chi connectivity index (χ1) is 18.1. The smallest absolute Gasteiger partial charge is 0.117 e. The molecule has 7 rings (SSSR count). The largest absolute Gasteiger partial charge is 0.396 e. The number of β-amino-alcohol motifs (C(OH)–C–C–N with tert-alkyl or cyclic N) is 1. The highest BCUT2D eigenvalue weighted by atomic mass is 16.3. The van der Waals surface area contributed by atoms with Crippen molar-refractivity contribution in [2.45, 2.75) is 37.2 Å². The van der Waals surface area contributed by atoms with E-state index in [0.717, 1.165) is 77.2 Å². The van der Waals surface area contributed by atoms with E-state index in [-0.39, 0.29) is 5.92 Å². The van der Waals surface area contributed by atoms with Crippen LogP contribution < -0.4 is 5.73 Å². The molecule has 0 radical (unpaired) electrons. The van der Waals surface area contributed by atoms with Crippen molar-refractivity contribution in [3.05, 3.63) is 79.0 Å². The standard InChI is InChI=1S/C30H30N6O/c31-26-23(10-8-21-9-11-24(33-27(21)26)20-6-2-1-3-7-20)28-25-18-32-12-15-36(25)29(34-28)22-16-30(37,17-22)19-35-13-4-5-14-35/h1-3,6-12,15,18,22,37H,4-5,13-14,16-17,19,31H2. The summed E-state index contributed by atoms with van der Waals surface area (Å²) in [6.45, 7) is 2.95. The van der Waals surface area contributed by atoms with Gasteiger partial charge in [-0.1, -0.05) is 42.5 Å². The number of rotatable bonds is 5. The summed E-state index contributed by atoms with van der Waals surface area (Å²) >= 11 is 0. The zero-order valence-corrected chi connectivity index (χ0v) is 20.7. The summed E-state index contributed by atoms with van der Waals surface area (Å²) in [5.74, 6) is 1.16. The molecule has 4 heterocycles. The van der Waals surface area contributed by atoms with Gasteiger partial charge in [-0.05, 0) is 50.9 Å². The summed E-state index contributed by atoms with van der Waals surface area (Å²) in [6, 6.07) is 18.3. The Hall–Kier alpha value is -3.81. The lowest BCUT2D eigenvalue weighted by Gasteiger charge is -2.45. The van der Waals surface area contributed by atoms with Gasteiger partial charge in [-0.15, -0.1) is 0 Å². The van der Waals surface area contributed by atoms with Crippen LogP contribution in [-0.2, 0) is 0 Å². The minimum atomic E-state index is -0.631. The van der Waals surface area contributed by atoms with Crippen molar-refractivity contribution in [3.8, 4) is 22.5 Å². The van der Waals surface area contributed by atoms with Crippen molar-refractivity contribution in [2.24, 2.45) is 0 Å². The summed E-state index contributed by atoms with van der Waals surface area (Å²) < 4.78 is 2.11. The van der Waals surface area contributed by atoms with Crippen molar-refractivity contribution >= 4 is 22.1 Å². The molecular weight excluding hydrogens is 460 g/mol. The summed E-state index contributed by atoms with van der Waals surface area (Å²) in [5.41, 5.74) is 12.1. The molecule has 0 spiro atoms. The van der Waals surface area contributed by atoms with Crippen LogP contribution in [0.15, 0.2) is 73.2 Å². The van der Waals surface area contributed by atoms with Gasteiger partial charge in [0.05, 0.1) is 34.2 Å². The molecule has 7 heteroatoms. The number of anilines is 1. The molecule has 1 saturated heterocycles. The highest BCUT2D eigenvalue weighted by Crippen LogP contribution is 2.46. The number of aromatic nitrogens is 4. The number of pyridine rings is 1. The van der Waals surface area contributed by atoms with Crippen LogP contribution in [-0.4, -0.2) is 54.6 Å². The third-order valence-electron chi connectivity index (χ3n) is 8.03. The first-order valence-corrected chi connectivity index (χ1v) is 13.1. The molecule has 0 unspecified atom stereocenters. The van der Waals surface area contributed by atoms with Crippen LogP contribution in [0.25, 0.3) is 38.9 Å². The Morgan fingerprint density at radius 3 is 2.57 bits per heavy atom. The normalized spacial score (nSPS) is 22.0. The Morgan fingerprint density at radius 2 is 1.76 bits per heavy atom. The van der Waals surface area contributed by atoms with Crippen molar-refractivity contribution < 1.29 is 5.11 Å². The Kier molecular flexibility index (Phi) is 5.23. The fourth-order valence-electron chi connectivity index (χ4n) is 6.16. The average Bonchev–Trinajstić information content (AvgIpc) is 3.56. The quantitative estimate of drug-likeness (QED) is 0.341. The van der Waals surface area contributed by atoms with Gasteiger partial charge in [0.15, 0.2) is 0 Å². The Balaban J connectivity index is 1.27. The summed E-state index contributed by atoms with van der Waals surface area (Å²) in [6.07, 6.45) is 9.50. The number of hydrogen-bond acceptors (Lipinski definition) is 6. The number of hydrogen-bond donors (Lipinski definition) is 2. The molecule has 1 aliphatic heterocycles. The zero-order chi connectivity index (χ0) is 25.0. The molecule has 5 aromatic rings. The van der Waals surface area contributed by atoms with Crippen LogP contribution in [0.3, 0.4) is 0 Å². The second kappa shape index (κ2) is 8.64. The van der Waals surface area contributed by atoms with E-state index in [1.54, 1.807) is 6.20 Å². The number of nitrogens with zero attached hydrogens (tertiary/aromatic N) is 5. The molecule has 3 aromatic heterocycles. The van der Waals surface area contributed by atoms with Crippen LogP contribution in [0.1, 0.15) is 37.4 Å². The van der Waals surface area contributed by atoms with Crippen LogP contribution in [0.4, 0.5) is 5.69 Å². The lowest BCUT2D eigenvalue weighted by molar-refractivity contribution is -0.0704. The van der Waals surface area contributed by atoms with Crippen LogP contribution >= 0.6 is 0 Å². The summed E-state index contributed by atoms with van der Waals surface area (Å²) in [5, 5.41) is 12.2. The van der Waals surface area contributed by atoms with E-state index in [1.165, 1.54) is 12.8 Å². The van der Waals surface area contributed by atoms with Crippen molar-refractivity contribution in [1.29, 1.82) is 0 Å².